The molecule has 0 unspecified atom stereocenters. The van der Waals surface area contributed by atoms with E-state index in [0.717, 1.165) is 31.0 Å². The smallest absolute Gasteiger partial charge is 0.230 e. The standard InChI is InChI=1S/C13H17NO3S/c1-16-11-6-13(18-7-11)8-14(9-13)12(15)5-10-3-2-4-17-10/h2-4,11H,5-9H2,1H3/t11-/m1/s1. The Labute approximate surface area is 111 Å². The van der Waals surface area contributed by atoms with Gasteiger partial charge in [-0.1, -0.05) is 0 Å². The van der Waals surface area contributed by atoms with Crippen LogP contribution in [0.1, 0.15) is 12.2 Å². The van der Waals surface area contributed by atoms with Gasteiger partial charge in [-0.15, -0.1) is 11.8 Å². The number of thioether (sulfide) groups is 1. The van der Waals surface area contributed by atoms with Gasteiger partial charge in [-0.2, -0.15) is 0 Å². The lowest BCUT2D eigenvalue weighted by atomic mass is 9.92. The van der Waals surface area contributed by atoms with Crippen LogP contribution in [0, 0.1) is 0 Å². The molecule has 98 valence electrons. The van der Waals surface area contributed by atoms with Crippen molar-refractivity contribution in [3.8, 4) is 0 Å². The van der Waals surface area contributed by atoms with Crippen molar-refractivity contribution in [2.75, 3.05) is 26.0 Å². The van der Waals surface area contributed by atoms with Gasteiger partial charge < -0.3 is 14.1 Å². The largest absolute Gasteiger partial charge is 0.469 e. The van der Waals surface area contributed by atoms with Crippen molar-refractivity contribution in [1.82, 2.24) is 4.90 Å². The Balaban J connectivity index is 1.51. The van der Waals surface area contributed by atoms with E-state index in [1.54, 1.807) is 13.4 Å². The van der Waals surface area contributed by atoms with Gasteiger partial charge in [-0.25, -0.2) is 0 Å². The molecule has 0 aliphatic carbocycles. The Morgan fingerprint density at radius 1 is 1.67 bits per heavy atom. The van der Waals surface area contributed by atoms with Gasteiger partial charge in [0.1, 0.15) is 5.76 Å². The molecule has 4 nitrogen and oxygen atoms in total. The van der Waals surface area contributed by atoms with Crippen LogP contribution in [-0.4, -0.2) is 47.6 Å². The van der Waals surface area contributed by atoms with E-state index in [4.69, 9.17) is 9.15 Å². The minimum atomic E-state index is 0.164. The second-order valence-electron chi connectivity index (χ2n) is 5.06. The molecule has 2 aliphatic heterocycles. The molecular weight excluding hydrogens is 250 g/mol. The number of furan rings is 1. The first-order chi connectivity index (χ1) is 8.71. The molecule has 0 N–H and O–H groups in total. The summed E-state index contributed by atoms with van der Waals surface area (Å²) in [5, 5.41) is 0. The van der Waals surface area contributed by atoms with E-state index in [-0.39, 0.29) is 10.7 Å². The summed E-state index contributed by atoms with van der Waals surface area (Å²) >= 11 is 1.95. The first kappa shape index (κ1) is 12.1. The first-order valence-corrected chi connectivity index (χ1v) is 7.16. The van der Waals surface area contributed by atoms with Crippen molar-refractivity contribution in [2.24, 2.45) is 0 Å². The Morgan fingerprint density at radius 3 is 3.11 bits per heavy atom. The molecule has 5 heteroatoms. The molecule has 2 aliphatic rings. The predicted molar refractivity (Wildman–Crippen MR) is 69.6 cm³/mol. The van der Waals surface area contributed by atoms with Gasteiger partial charge in [0.25, 0.3) is 0 Å². The van der Waals surface area contributed by atoms with Crippen LogP contribution in [-0.2, 0) is 16.0 Å². The van der Waals surface area contributed by atoms with Gasteiger partial charge in [0.2, 0.25) is 5.91 Å². The quantitative estimate of drug-likeness (QED) is 0.833. The zero-order valence-corrected chi connectivity index (χ0v) is 11.2. The van der Waals surface area contributed by atoms with Crippen LogP contribution in [0.25, 0.3) is 0 Å². The van der Waals surface area contributed by atoms with Crippen molar-refractivity contribution < 1.29 is 13.9 Å². The van der Waals surface area contributed by atoms with Crippen LogP contribution in [0.5, 0.6) is 0 Å². The van der Waals surface area contributed by atoms with Crippen LogP contribution >= 0.6 is 11.8 Å². The van der Waals surface area contributed by atoms with Gasteiger partial charge in [-0.05, 0) is 18.6 Å². The fourth-order valence-electron chi connectivity index (χ4n) is 2.67. The zero-order valence-electron chi connectivity index (χ0n) is 10.4. The second kappa shape index (κ2) is 4.63. The predicted octanol–water partition coefficient (Wildman–Crippen LogP) is 1.55. The third-order valence-corrected chi connectivity index (χ3v) is 5.30. The van der Waals surface area contributed by atoms with Crippen LogP contribution in [0.15, 0.2) is 22.8 Å². The molecule has 0 aromatic carbocycles. The normalized spacial score (nSPS) is 25.4. The molecule has 1 aromatic heterocycles. The number of ether oxygens (including phenoxy) is 1. The number of hydrogen-bond acceptors (Lipinski definition) is 4. The SMILES string of the molecule is CO[C@H]1CSC2(C1)CN(C(=O)Cc1ccco1)C2. The van der Waals surface area contributed by atoms with E-state index in [2.05, 4.69) is 0 Å². The highest BCUT2D eigenvalue weighted by molar-refractivity contribution is 8.01. The van der Waals surface area contributed by atoms with Crippen LogP contribution in [0.2, 0.25) is 0 Å². The minimum Gasteiger partial charge on any atom is -0.469 e. The van der Waals surface area contributed by atoms with Crippen molar-refractivity contribution >= 4 is 17.7 Å². The highest BCUT2D eigenvalue weighted by Crippen LogP contribution is 2.45. The van der Waals surface area contributed by atoms with Crippen molar-refractivity contribution in [1.29, 1.82) is 0 Å². The van der Waals surface area contributed by atoms with Gasteiger partial charge in [0, 0.05) is 26.0 Å². The Morgan fingerprint density at radius 2 is 2.50 bits per heavy atom. The molecule has 2 saturated heterocycles. The third-order valence-electron chi connectivity index (χ3n) is 3.72. The van der Waals surface area contributed by atoms with E-state index in [0.29, 0.717) is 12.5 Å². The molecular formula is C13H17NO3S. The maximum atomic E-state index is 12.0. The monoisotopic (exact) mass is 267 g/mol. The molecule has 18 heavy (non-hydrogen) atoms. The van der Waals surface area contributed by atoms with Crippen LogP contribution in [0.4, 0.5) is 0 Å². The minimum absolute atomic E-state index is 0.164. The average Bonchev–Trinajstić information content (AvgIpc) is 2.94. The molecule has 0 radical (unpaired) electrons. The molecule has 0 saturated carbocycles. The zero-order chi connectivity index (χ0) is 12.6. The van der Waals surface area contributed by atoms with E-state index >= 15 is 0 Å². The number of nitrogens with zero attached hydrogens (tertiary/aromatic N) is 1. The van der Waals surface area contributed by atoms with E-state index in [9.17, 15) is 4.79 Å². The Bertz CT molecular complexity index is 425. The second-order valence-corrected chi connectivity index (χ2v) is 6.55. The maximum Gasteiger partial charge on any atom is 0.230 e. The fraction of sp³-hybridized carbons (Fsp3) is 0.615. The van der Waals surface area contributed by atoms with Gasteiger partial charge in [-0.3, -0.25) is 4.79 Å². The molecule has 2 fully saturated rings. The summed E-state index contributed by atoms with van der Waals surface area (Å²) in [4.78, 5) is 13.9. The number of amides is 1. The maximum absolute atomic E-state index is 12.0. The molecule has 3 heterocycles. The number of carbonyl (C=O) groups excluding carboxylic acids is 1. The number of carbonyl (C=O) groups is 1. The number of hydrogen-bond donors (Lipinski definition) is 0. The van der Waals surface area contributed by atoms with Crippen LogP contribution < -0.4 is 0 Å². The summed E-state index contributed by atoms with van der Waals surface area (Å²) in [5.41, 5.74) is 0. The number of methoxy groups -OCH3 is 1. The van der Waals surface area contributed by atoms with Crippen molar-refractivity contribution in [2.45, 2.75) is 23.7 Å². The lowest BCUT2D eigenvalue weighted by molar-refractivity contribution is -0.136. The van der Waals surface area contributed by atoms with Crippen molar-refractivity contribution in [3.05, 3.63) is 24.2 Å². The lowest BCUT2D eigenvalue weighted by Gasteiger charge is -2.47. The molecule has 0 bridgehead atoms. The van der Waals surface area contributed by atoms with E-state index in [1.807, 2.05) is 28.8 Å². The first-order valence-electron chi connectivity index (χ1n) is 6.18. The highest BCUT2D eigenvalue weighted by atomic mass is 32.2. The Kier molecular flexibility index (Phi) is 3.11. The summed E-state index contributed by atoms with van der Waals surface area (Å²) < 4.78 is 10.8. The summed E-state index contributed by atoms with van der Waals surface area (Å²) in [6.07, 6.45) is 3.41. The molecule has 1 atom stereocenters. The number of rotatable bonds is 3. The summed E-state index contributed by atoms with van der Waals surface area (Å²) in [5.74, 6) is 1.96. The topological polar surface area (TPSA) is 42.7 Å². The number of likely N-dealkylation sites (tertiary alicyclic amines) is 1. The fourth-order valence-corrected chi connectivity index (χ4v) is 4.27. The summed E-state index contributed by atoms with van der Waals surface area (Å²) in [7, 11) is 1.77. The van der Waals surface area contributed by atoms with Gasteiger partial charge in [0.15, 0.2) is 0 Å². The highest BCUT2D eigenvalue weighted by Gasteiger charge is 2.50. The Hall–Kier alpha value is -0.940. The average molecular weight is 267 g/mol. The molecule has 1 amide bonds. The van der Waals surface area contributed by atoms with Crippen molar-refractivity contribution in [3.63, 3.8) is 0 Å². The van der Waals surface area contributed by atoms with E-state index < -0.39 is 0 Å². The molecule has 1 spiro atoms. The van der Waals surface area contributed by atoms with Gasteiger partial charge in [0.05, 0.1) is 23.5 Å². The lowest BCUT2D eigenvalue weighted by Crippen LogP contribution is -2.61. The van der Waals surface area contributed by atoms with Gasteiger partial charge >= 0.3 is 0 Å². The molecule has 1 aromatic rings. The third kappa shape index (κ3) is 2.17. The summed E-state index contributed by atoms with van der Waals surface area (Å²) in [6, 6.07) is 3.66. The molecule has 3 rings (SSSR count). The summed E-state index contributed by atoms with van der Waals surface area (Å²) in [6.45, 7) is 1.72. The van der Waals surface area contributed by atoms with E-state index in [1.165, 1.54) is 0 Å². The van der Waals surface area contributed by atoms with Crippen LogP contribution in [0.3, 0.4) is 0 Å².